The quantitative estimate of drug-likeness (QED) is 0.605. The van der Waals surface area contributed by atoms with Gasteiger partial charge in [0, 0.05) is 12.6 Å². The van der Waals surface area contributed by atoms with Gasteiger partial charge in [0.15, 0.2) is 0 Å². The van der Waals surface area contributed by atoms with E-state index in [0.717, 1.165) is 12.8 Å². The average molecular weight is 222 g/mol. The normalized spacial score (nSPS) is 14.3. The highest BCUT2D eigenvalue weighted by molar-refractivity contribution is 5.67. The molecule has 1 heterocycles. The van der Waals surface area contributed by atoms with Gasteiger partial charge in [0.25, 0.3) is 0 Å². The van der Waals surface area contributed by atoms with Gasteiger partial charge in [0.1, 0.15) is 0 Å². The summed E-state index contributed by atoms with van der Waals surface area (Å²) in [5.41, 5.74) is 0. The minimum absolute atomic E-state index is 0.254. The van der Waals surface area contributed by atoms with Gasteiger partial charge in [0.05, 0.1) is 0 Å². The number of anilines is 3. The Balaban J connectivity index is 2.16. The summed E-state index contributed by atoms with van der Waals surface area (Å²) in [6, 6.07) is 0.459. The SMILES string of the molecule is CCNc1nc(NC=O)nc(NC2CC2)n1. The van der Waals surface area contributed by atoms with E-state index in [-0.39, 0.29) is 5.95 Å². The lowest BCUT2D eigenvalue weighted by Gasteiger charge is -2.07. The lowest BCUT2D eigenvalue weighted by molar-refractivity contribution is -0.105. The molecule has 1 aliphatic rings. The Hall–Kier alpha value is -1.92. The Morgan fingerprint density at radius 1 is 1.25 bits per heavy atom. The van der Waals surface area contributed by atoms with Crippen LogP contribution in [-0.2, 0) is 4.79 Å². The van der Waals surface area contributed by atoms with Crippen molar-refractivity contribution >= 4 is 24.3 Å². The van der Waals surface area contributed by atoms with Crippen LogP contribution < -0.4 is 16.0 Å². The molecule has 0 radical (unpaired) electrons. The summed E-state index contributed by atoms with van der Waals surface area (Å²) in [7, 11) is 0. The molecule has 0 aromatic carbocycles. The summed E-state index contributed by atoms with van der Waals surface area (Å²) in [5.74, 6) is 1.21. The minimum Gasteiger partial charge on any atom is -0.354 e. The summed E-state index contributed by atoms with van der Waals surface area (Å²) in [6.07, 6.45) is 2.82. The number of nitrogens with zero attached hydrogens (tertiary/aromatic N) is 3. The van der Waals surface area contributed by atoms with Crippen molar-refractivity contribution < 1.29 is 4.79 Å². The van der Waals surface area contributed by atoms with Crippen LogP contribution in [0.1, 0.15) is 19.8 Å². The van der Waals surface area contributed by atoms with E-state index in [9.17, 15) is 4.79 Å². The van der Waals surface area contributed by atoms with Gasteiger partial charge in [-0.2, -0.15) is 15.0 Å². The molecule has 16 heavy (non-hydrogen) atoms. The fourth-order valence-corrected chi connectivity index (χ4v) is 1.21. The van der Waals surface area contributed by atoms with E-state index in [1.54, 1.807) is 0 Å². The van der Waals surface area contributed by atoms with E-state index in [1.165, 1.54) is 0 Å². The summed E-state index contributed by atoms with van der Waals surface area (Å²) in [6.45, 7) is 2.66. The molecule has 1 saturated carbocycles. The van der Waals surface area contributed by atoms with Crippen LogP contribution in [0.5, 0.6) is 0 Å². The monoisotopic (exact) mass is 222 g/mol. The number of hydrogen-bond acceptors (Lipinski definition) is 6. The first-order chi connectivity index (χ1) is 7.81. The molecular weight excluding hydrogens is 208 g/mol. The van der Waals surface area contributed by atoms with Crippen LogP contribution >= 0.6 is 0 Å². The van der Waals surface area contributed by atoms with Crippen LogP contribution in [0.3, 0.4) is 0 Å². The predicted molar refractivity (Wildman–Crippen MR) is 60.3 cm³/mol. The van der Waals surface area contributed by atoms with Crippen molar-refractivity contribution in [1.82, 2.24) is 15.0 Å². The highest BCUT2D eigenvalue weighted by Crippen LogP contribution is 2.23. The lowest BCUT2D eigenvalue weighted by Crippen LogP contribution is -2.12. The molecule has 7 heteroatoms. The van der Waals surface area contributed by atoms with Gasteiger partial charge < -0.3 is 10.6 Å². The van der Waals surface area contributed by atoms with E-state index in [1.807, 2.05) is 6.92 Å². The summed E-state index contributed by atoms with van der Waals surface area (Å²) in [4.78, 5) is 22.6. The van der Waals surface area contributed by atoms with E-state index in [4.69, 9.17) is 0 Å². The molecule has 0 atom stereocenters. The maximum absolute atomic E-state index is 10.3. The predicted octanol–water partition coefficient (Wildman–Crippen LogP) is 0.446. The van der Waals surface area contributed by atoms with Gasteiger partial charge in [-0.25, -0.2) is 0 Å². The van der Waals surface area contributed by atoms with E-state index in [0.29, 0.717) is 30.9 Å². The molecule has 2 rings (SSSR count). The van der Waals surface area contributed by atoms with Crippen molar-refractivity contribution in [3.63, 3.8) is 0 Å². The molecule has 1 amide bonds. The highest BCUT2D eigenvalue weighted by Gasteiger charge is 2.22. The van der Waals surface area contributed by atoms with Crippen molar-refractivity contribution in [2.75, 3.05) is 22.5 Å². The van der Waals surface area contributed by atoms with Gasteiger partial charge in [-0.1, -0.05) is 0 Å². The molecule has 0 saturated heterocycles. The molecule has 1 aromatic heterocycles. The Labute approximate surface area is 93.1 Å². The molecule has 1 aliphatic carbocycles. The molecule has 1 fully saturated rings. The second-order valence-corrected chi connectivity index (χ2v) is 3.52. The van der Waals surface area contributed by atoms with Gasteiger partial charge in [0.2, 0.25) is 24.3 Å². The topological polar surface area (TPSA) is 91.8 Å². The van der Waals surface area contributed by atoms with Gasteiger partial charge in [-0.3, -0.25) is 10.1 Å². The number of aromatic nitrogens is 3. The third-order valence-corrected chi connectivity index (χ3v) is 2.07. The molecule has 0 spiro atoms. The van der Waals surface area contributed by atoms with Crippen LogP contribution in [0.15, 0.2) is 0 Å². The Morgan fingerprint density at radius 3 is 2.56 bits per heavy atom. The first kappa shape index (κ1) is 10.6. The zero-order chi connectivity index (χ0) is 11.4. The first-order valence-corrected chi connectivity index (χ1v) is 5.28. The Bertz CT molecular complexity index is 378. The van der Waals surface area contributed by atoms with Crippen LogP contribution in [0.2, 0.25) is 0 Å². The largest absolute Gasteiger partial charge is 0.354 e. The number of nitrogens with one attached hydrogen (secondary N) is 3. The molecular formula is C9H14N6O. The zero-order valence-electron chi connectivity index (χ0n) is 9.03. The third-order valence-electron chi connectivity index (χ3n) is 2.07. The van der Waals surface area contributed by atoms with Crippen molar-refractivity contribution in [2.24, 2.45) is 0 Å². The van der Waals surface area contributed by atoms with Crippen molar-refractivity contribution in [2.45, 2.75) is 25.8 Å². The standard InChI is InChI=1S/C9H14N6O/c1-2-10-7-13-8(11-5-16)15-9(14-7)12-6-3-4-6/h5-6H,2-4H2,1H3,(H3,10,11,12,13,14,15,16). The zero-order valence-corrected chi connectivity index (χ0v) is 9.03. The smallest absolute Gasteiger partial charge is 0.235 e. The third kappa shape index (κ3) is 2.78. The molecule has 3 N–H and O–H groups in total. The van der Waals surface area contributed by atoms with Crippen LogP contribution in [0.4, 0.5) is 17.8 Å². The Morgan fingerprint density at radius 2 is 1.94 bits per heavy atom. The second kappa shape index (κ2) is 4.73. The molecule has 7 nitrogen and oxygen atoms in total. The molecule has 1 aromatic rings. The van der Waals surface area contributed by atoms with E-state index >= 15 is 0 Å². The van der Waals surface area contributed by atoms with E-state index < -0.39 is 0 Å². The van der Waals surface area contributed by atoms with E-state index in [2.05, 4.69) is 30.9 Å². The molecule has 0 aliphatic heterocycles. The minimum atomic E-state index is 0.254. The maximum Gasteiger partial charge on any atom is 0.235 e. The second-order valence-electron chi connectivity index (χ2n) is 3.52. The lowest BCUT2D eigenvalue weighted by atomic mass is 10.6. The van der Waals surface area contributed by atoms with Crippen LogP contribution in [0, 0.1) is 0 Å². The number of carbonyl (C=O) groups is 1. The summed E-state index contributed by atoms with van der Waals surface area (Å²) >= 11 is 0. The number of rotatable bonds is 6. The molecule has 0 bridgehead atoms. The fourth-order valence-electron chi connectivity index (χ4n) is 1.21. The number of carbonyl (C=O) groups excluding carboxylic acids is 1. The summed E-state index contributed by atoms with van der Waals surface area (Å²) in [5, 5.41) is 8.56. The molecule has 86 valence electrons. The van der Waals surface area contributed by atoms with Gasteiger partial charge >= 0.3 is 0 Å². The van der Waals surface area contributed by atoms with Crippen LogP contribution in [-0.4, -0.2) is 33.9 Å². The van der Waals surface area contributed by atoms with Gasteiger partial charge in [-0.15, -0.1) is 0 Å². The first-order valence-electron chi connectivity index (χ1n) is 5.28. The fraction of sp³-hybridized carbons (Fsp3) is 0.556. The van der Waals surface area contributed by atoms with Crippen molar-refractivity contribution in [3.05, 3.63) is 0 Å². The highest BCUT2D eigenvalue weighted by atomic mass is 16.1. The number of amides is 1. The average Bonchev–Trinajstić information content (AvgIpc) is 3.02. The summed E-state index contributed by atoms with van der Waals surface area (Å²) < 4.78 is 0. The Kier molecular flexibility index (Phi) is 3.13. The van der Waals surface area contributed by atoms with Crippen molar-refractivity contribution in [1.29, 1.82) is 0 Å². The maximum atomic E-state index is 10.3. The van der Waals surface area contributed by atoms with Crippen molar-refractivity contribution in [3.8, 4) is 0 Å². The molecule has 0 unspecified atom stereocenters. The van der Waals surface area contributed by atoms with Crippen LogP contribution in [0.25, 0.3) is 0 Å². The van der Waals surface area contributed by atoms with Gasteiger partial charge in [-0.05, 0) is 19.8 Å². The number of hydrogen-bond donors (Lipinski definition) is 3.